The third kappa shape index (κ3) is 3.08. The van der Waals surface area contributed by atoms with Crippen molar-refractivity contribution in [3.63, 3.8) is 0 Å². The number of hydrogen-bond acceptors (Lipinski definition) is 4. The van der Waals surface area contributed by atoms with Crippen LogP contribution in [-0.2, 0) is 11.3 Å². The fourth-order valence-corrected chi connectivity index (χ4v) is 3.72. The number of carbonyl (C=O) groups excluding carboxylic acids is 1. The van der Waals surface area contributed by atoms with Crippen molar-refractivity contribution < 1.29 is 9.21 Å². The highest BCUT2D eigenvalue weighted by molar-refractivity contribution is 8.26. The second kappa shape index (κ2) is 6.46. The molecule has 2 aromatic rings. The number of nitrogens with zero attached hydrogens (tertiary/aromatic N) is 1. The average Bonchev–Trinajstić information content (AvgIpc) is 3.07. The summed E-state index contributed by atoms with van der Waals surface area (Å²) in [7, 11) is 0. The van der Waals surface area contributed by atoms with Gasteiger partial charge in [0, 0.05) is 15.6 Å². The van der Waals surface area contributed by atoms with Gasteiger partial charge in [-0.1, -0.05) is 53.2 Å². The van der Waals surface area contributed by atoms with E-state index in [1.165, 1.54) is 16.7 Å². The number of thioether (sulfide) groups is 1. The molecule has 1 aromatic heterocycles. The number of halogens is 2. The number of hydrogen-bond donors (Lipinski definition) is 0. The van der Waals surface area contributed by atoms with Gasteiger partial charge in [0.15, 0.2) is 0 Å². The Balaban J connectivity index is 1.89. The zero-order valence-electron chi connectivity index (χ0n) is 11.1. The predicted octanol–water partition coefficient (Wildman–Crippen LogP) is 4.99. The van der Waals surface area contributed by atoms with Crippen molar-refractivity contribution in [2.45, 2.75) is 6.54 Å². The van der Waals surface area contributed by atoms with Crippen LogP contribution in [0, 0.1) is 0 Å². The molecule has 1 aliphatic rings. The molecule has 3 nitrogen and oxygen atoms in total. The lowest BCUT2D eigenvalue weighted by Crippen LogP contribution is -2.27. The van der Waals surface area contributed by atoms with Crippen LogP contribution >= 0.6 is 47.2 Å². The van der Waals surface area contributed by atoms with E-state index in [1.807, 2.05) is 0 Å². The van der Waals surface area contributed by atoms with E-state index in [9.17, 15) is 4.79 Å². The molecular weight excluding hydrogens is 361 g/mol. The quantitative estimate of drug-likeness (QED) is 0.563. The Labute approximate surface area is 146 Å². The van der Waals surface area contributed by atoms with Crippen molar-refractivity contribution in [2.75, 3.05) is 0 Å². The molecule has 1 aromatic carbocycles. The maximum Gasteiger partial charge on any atom is 0.266 e. The highest BCUT2D eigenvalue weighted by Gasteiger charge is 2.32. The number of thiocarbonyl (C=S) groups is 1. The molecule has 1 amide bonds. The lowest BCUT2D eigenvalue weighted by Gasteiger charge is -2.12. The normalized spacial score (nSPS) is 16.8. The van der Waals surface area contributed by atoms with E-state index in [-0.39, 0.29) is 5.91 Å². The predicted molar refractivity (Wildman–Crippen MR) is 93.9 cm³/mol. The smallest absolute Gasteiger partial charge is 0.266 e. The Hall–Kier alpha value is -1.27. The van der Waals surface area contributed by atoms with E-state index in [2.05, 4.69) is 0 Å². The topological polar surface area (TPSA) is 33.5 Å². The zero-order chi connectivity index (χ0) is 15.7. The lowest BCUT2D eigenvalue weighted by molar-refractivity contribution is -0.122. The molecule has 0 bridgehead atoms. The number of furan rings is 1. The van der Waals surface area contributed by atoms with Gasteiger partial charge >= 0.3 is 0 Å². The maximum atomic E-state index is 12.5. The van der Waals surface area contributed by atoms with E-state index >= 15 is 0 Å². The Morgan fingerprint density at radius 3 is 2.59 bits per heavy atom. The third-order valence-electron chi connectivity index (χ3n) is 3.04. The molecule has 0 aliphatic carbocycles. The maximum absolute atomic E-state index is 12.5. The van der Waals surface area contributed by atoms with Gasteiger partial charge in [-0.05, 0) is 30.3 Å². The highest BCUT2D eigenvalue weighted by atomic mass is 35.5. The average molecular weight is 370 g/mol. The van der Waals surface area contributed by atoms with Gasteiger partial charge in [-0.15, -0.1) is 0 Å². The van der Waals surface area contributed by atoms with Crippen LogP contribution in [-0.4, -0.2) is 15.1 Å². The van der Waals surface area contributed by atoms with Crippen molar-refractivity contribution in [2.24, 2.45) is 0 Å². The van der Waals surface area contributed by atoms with Gasteiger partial charge in [-0.2, -0.15) is 0 Å². The van der Waals surface area contributed by atoms with E-state index in [4.69, 9.17) is 39.8 Å². The number of rotatable bonds is 3. The Kier molecular flexibility index (Phi) is 4.59. The third-order valence-corrected chi connectivity index (χ3v) is 5.08. The van der Waals surface area contributed by atoms with Crippen molar-refractivity contribution in [3.8, 4) is 0 Å². The molecule has 0 radical (unpaired) electrons. The van der Waals surface area contributed by atoms with Gasteiger partial charge < -0.3 is 4.42 Å². The summed E-state index contributed by atoms with van der Waals surface area (Å²) in [6.45, 7) is 0.311. The highest BCUT2D eigenvalue weighted by Crippen LogP contribution is 2.36. The van der Waals surface area contributed by atoms with E-state index in [1.54, 1.807) is 42.7 Å². The molecule has 1 saturated heterocycles. The molecule has 0 atom stereocenters. The van der Waals surface area contributed by atoms with Crippen LogP contribution in [0.2, 0.25) is 10.0 Å². The SMILES string of the molecule is O=C1/C(=C/c2c(Cl)cccc2Cl)SC(=S)N1Cc1ccco1. The molecule has 2 heterocycles. The molecule has 1 aliphatic heterocycles. The summed E-state index contributed by atoms with van der Waals surface area (Å²) in [6.07, 6.45) is 3.23. The fraction of sp³-hybridized carbons (Fsp3) is 0.0667. The van der Waals surface area contributed by atoms with E-state index < -0.39 is 0 Å². The van der Waals surface area contributed by atoms with Crippen LogP contribution in [0.5, 0.6) is 0 Å². The first-order valence-electron chi connectivity index (χ1n) is 6.28. The molecule has 112 valence electrons. The first kappa shape index (κ1) is 15.6. The molecule has 1 fully saturated rings. The van der Waals surface area contributed by atoms with Crippen molar-refractivity contribution in [1.82, 2.24) is 4.90 Å². The van der Waals surface area contributed by atoms with E-state index in [0.717, 1.165) is 0 Å². The van der Waals surface area contributed by atoms with Crippen LogP contribution < -0.4 is 0 Å². The van der Waals surface area contributed by atoms with Gasteiger partial charge in [0.05, 0.1) is 17.7 Å². The molecule has 22 heavy (non-hydrogen) atoms. The Morgan fingerprint density at radius 1 is 1.23 bits per heavy atom. The summed E-state index contributed by atoms with van der Waals surface area (Å²) in [6, 6.07) is 8.77. The summed E-state index contributed by atoms with van der Waals surface area (Å²) < 4.78 is 5.74. The van der Waals surface area contributed by atoms with Crippen molar-refractivity contribution in [3.05, 3.63) is 62.9 Å². The minimum Gasteiger partial charge on any atom is -0.467 e. The number of benzene rings is 1. The molecule has 3 rings (SSSR count). The fourth-order valence-electron chi connectivity index (χ4n) is 1.97. The summed E-state index contributed by atoms with van der Waals surface area (Å²) >= 11 is 18.8. The largest absolute Gasteiger partial charge is 0.467 e. The van der Waals surface area contributed by atoms with Gasteiger partial charge in [0.25, 0.3) is 5.91 Å². The van der Waals surface area contributed by atoms with Gasteiger partial charge in [0.1, 0.15) is 10.1 Å². The first-order valence-corrected chi connectivity index (χ1v) is 8.26. The van der Waals surface area contributed by atoms with Gasteiger partial charge in [0.2, 0.25) is 0 Å². The van der Waals surface area contributed by atoms with Crippen molar-refractivity contribution >= 4 is 63.5 Å². The number of carbonyl (C=O) groups is 1. The van der Waals surface area contributed by atoms with E-state index in [0.29, 0.717) is 37.1 Å². The van der Waals surface area contributed by atoms with Crippen LogP contribution in [0.3, 0.4) is 0 Å². The second-order valence-corrected chi connectivity index (χ2v) is 6.97. The molecule has 0 spiro atoms. The van der Waals surface area contributed by atoms with Gasteiger partial charge in [-0.25, -0.2) is 0 Å². The Morgan fingerprint density at radius 2 is 1.95 bits per heavy atom. The summed E-state index contributed by atoms with van der Waals surface area (Å²) in [4.78, 5) is 14.5. The zero-order valence-corrected chi connectivity index (χ0v) is 14.2. The van der Waals surface area contributed by atoms with Crippen LogP contribution in [0.1, 0.15) is 11.3 Å². The number of amides is 1. The van der Waals surface area contributed by atoms with Crippen molar-refractivity contribution in [1.29, 1.82) is 0 Å². The van der Waals surface area contributed by atoms with Crippen LogP contribution in [0.15, 0.2) is 45.9 Å². The minimum absolute atomic E-state index is 0.178. The summed E-state index contributed by atoms with van der Waals surface area (Å²) in [5.41, 5.74) is 0.615. The minimum atomic E-state index is -0.178. The molecular formula is C15H9Cl2NO2S2. The van der Waals surface area contributed by atoms with Crippen LogP contribution in [0.25, 0.3) is 6.08 Å². The molecule has 0 unspecified atom stereocenters. The molecule has 0 saturated carbocycles. The molecule has 7 heteroatoms. The standard InChI is InChI=1S/C15H9Cl2NO2S2/c16-11-4-1-5-12(17)10(11)7-13-14(19)18(15(21)22-13)8-9-3-2-6-20-9/h1-7H,8H2/b13-7-. The monoisotopic (exact) mass is 369 g/mol. The lowest BCUT2D eigenvalue weighted by atomic mass is 10.2. The Bertz CT molecular complexity index is 752. The summed E-state index contributed by atoms with van der Waals surface area (Å²) in [5, 5.41) is 0.979. The summed E-state index contributed by atoms with van der Waals surface area (Å²) in [5.74, 6) is 0.496. The second-order valence-electron chi connectivity index (χ2n) is 4.48. The van der Waals surface area contributed by atoms with Crippen LogP contribution in [0.4, 0.5) is 0 Å². The molecule has 0 N–H and O–H groups in total. The van der Waals surface area contributed by atoms with Gasteiger partial charge in [-0.3, -0.25) is 9.69 Å². The first-order chi connectivity index (χ1) is 10.6.